The van der Waals surface area contributed by atoms with Crippen LogP contribution < -0.4 is 4.57 Å². The molecule has 0 spiro atoms. The van der Waals surface area contributed by atoms with E-state index in [0.717, 1.165) is 11.4 Å². The molecule has 0 amide bonds. The van der Waals surface area contributed by atoms with Crippen LogP contribution in [-0.2, 0) is 7.05 Å². The van der Waals surface area contributed by atoms with Gasteiger partial charge in [0.2, 0.25) is 0 Å². The van der Waals surface area contributed by atoms with E-state index in [0.29, 0.717) is 0 Å². The smallest absolute Gasteiger partial charge is 0.264 e. The molecule has 0 saturated carbocycles. The monoisotopic (exact) mass is 186 g/mol. The van der Waals surface area contributed by atoms with Crippen molar-refractivity contribution in [3.8, 4) is 11.4 Å². The first-order valence-corrected chi connectivity index (χ1v) is 4.50. The second-order valence-electron chi connectivity index (χ2n) is 3.24. The minimum atomic E-state index is 0.943. The van der Waals surface area contributed by atoms with Gasteiger partial charge in [-0.15, -0.1) is 0 Å². The van der Waals surface area contributed by atoms with Gasteiger partial charge in [0.1, 0.15) is 6.20 Å². The summed E-state index contributed by atoms with van der Waals surface area (Å²) >= 11 is 0. The fraction of sp³-hybridized carbons (Fsp3) is 0.182. The van der Waals surface area contributed by atoms with Crippen LogP contribution in [0.15, 0.2) is 36.9 Å². The van der Waals surface area contributed by atoms with Crippen molar-refractivity contribution >= 4 is 0 Å². The van der Waals surface area contributed by atoms with Crippen LogP contribution in [0.25, 0.3) is 11.4 Å². The molecular weight excluding hydrogens is 174 g/mol. The first kappa shape index (κ1) is 8.81. The summed E-state index contributed by atoms with van der Waals surface area (Å²) in [6, 6.07) is 3.90. The van der Waals surface area contributed by atoms with E-state index in [1.807, 2.05) is 36.1 Å². The molecular formula is C11H12N3+. The summed E-state index contributed by atoms with van der Waals surface area (Å²) in [6.45, 7) is 2.06. The van der Waals surface area contributed by atoms with Crippen LogP contribution >= 0.6 is 0 Å². The molecule has 2 heterocycles. The highest BCUT2D eigenvalue weighted by Crippen LogP contribution is 2.15. The van der Waals surface area contributed by atoms with Gasteiger partial charge in [-0.2, -0.15) is 0 Å². The Hall–Kier alpha value is -1.77. The molecule has 0 unspecified atom stereocenters. The van der Waals surface area contributed by atoms with E-state index in [1.54, 1.807) is 12.4 Å². The SMILES string of the molecule is Cc1ccncc1-c1nccc[n+]1C. The third-order valence-electron chi connectivity index (χ3n) is 2.21. The minimum absolute atomic E-state index is 0.943. The molecule has 0 saturated heterocycles. The van der Waals surface area contributed by atoms with E-state index < -0.39 is 0 Å². The Bertz CT molecular complexity index is 408. The number of aryl methyl sites for hydroxylation is 2. The lowest BCUT2D eigenvalue weighted by atomic mass is 10.1. The summed E-state index contributed by atoms with van der Waals surface area (Å²) < 4.78 is 1.99. The van der Waals surface area contributed by atoms with Gasteiger partial charge in [-0.3, -0.25) is 4.98 Å². The zero-order valence-electron chi connectivity index (χ0n) is 8.31. The van der Waals surface area contributed by atoms with Gasteiger partial charge >= 0.3 is 5.82 Å². The number of nitrogens with zero attached hydrogens (tertiary/aromatic N) is 3. The van der Waals surface area contributed by atoms with E-state index >= 15 is 0 Å². The van der Waals surface area contributed by atoms with E-state index in [9.17, 15) is 0 Å². The second-order valence-corrected chi connectivity index (χ2v) is 3.24. The molecule has 0 atom stereocenters. The van der Waals surface area contributed by atoms with Crippen LogP contribution in [0.1, 0.15) is 5.56 Å². The predicted molar refractivity (Wildman–Crippen MR) is 53.4 cm³/mol. The Balaban J connectivity index is 2.61. The van der Waals surface area contributed by atoms with Crippen LogP contribution in [0.5, 0.6) is 0 Å². The summed E-state index contributed by atoms with van der Waals surface area (Å²) in [5.74, 6) is 0.943. The lowest BCUT2D eigenvalue weighted by Gasteiger charge is -2.00. The van der Waals surface area contributed by atoms with Crippen molar-refractivity contribution in [2.24, 2.45) is 7.05 Å². The van der Waals surface area contributed by atoms with Gasteiger partial charge in [-0.05, 0) is 23.5 Å². The number of rotatable bonds is 1. The normalized spacial score (nSPS) is 10.1. The predicted octanol–water partition coefficient (Wildman–Crippen LogP) is 1.28. The van der Waals surface area contributed by atoms with Gasteiger partial charge in [0.25, 0.3) is 0 Å². The maximum atomic E-state index is 4.33. The van der Waals surface area contributed by atoms with Crippen molar-refractivity contribution in [3.05, 3.63) is 42.5 Å². The number of pyridine rings is 1. The molecule has 0 radical (unpaired) electrons. The summed E-state index contributed by atoms with van der Waals surface area (Å²) in [4.78, 5) is 8.44. The standard InChI is InChI=1S/C11H12N3/c1-9-4-6-12-8-10(9)11-13-5-3-7-14(11)2/h3-8H,1-2H3/q+1. The molecule has 0 aliphatic carbocycles. The van der Waals surface area contributed by atoms with Crippen LogP contribution in [0.4, 0.5) is 0 Å². The molecule has 0 fully saturated rings. The quantitative estimate of drug-likeness (QED) is 0.628. The maximum absolute atomic E-state index is 4.33. The van der Waals surface area contributed by atoms with Crippen molar-refractivity contribution in [1.29, 1.82) is 0 Å². The Labute approximate surface area is 83.1 Å². The largest absolute Gasteiger partial charge is 0.331 e. The molecule has 0 aromatic carbocycles. The van der Waals surface area contributed by atoms with Crippen LogP contribution in [0.3, 0.4) is 0 Å². The first-order valence-electron chi connectivity index (χ1n) is 4.50. The highest BCUT2D eigenvalue weighted by molar-refractivity contribution is 5.55. The van der Waals surface area contributed by atoms with Crippen molar-refractivity contribution in [1.82, 2.24) is 9.97 Å². The Morgan fingerprint density at radius 1 is 1.29 bits per heavy atom. The van der Waals surface area contributed by atoms with E-state index in [1.165, 1.54) is 5.56 Å². The Morgan fingerprint density at radius 3 is 2.86 bits per heavy atom. The molecule has 2 aromatic rings. The van der Waals surface area contributed by atoms with Crippen molar-refractivity contribution in [2.45, 2.75) is 6.92 Å². The van der Waals surface area contributed by atoms with Crippen LogP contribution in [-0.4, -0.2) is 9.97 Å². The molecule has 14 heavy (non-hydrogen) atoms. The molecule has 0 aliphatic heterocycles. The average Bonchev–Trinajstić information content (AvgIpc) is 2.20. The molecule has 0 aliphatic rings. The number of aromatic nitrogens is 3. The lowest BCUT2D eigenvalue weighted by molar-refractivity contribution is -0.663. The lowest BCUT2D eigenvalue weighted by Crippen LogP contribution is -2.31. The topological polar surface area (TPSA) is 29.7 Å². The van der Waals surface area contributed by atoms with Crippen molar-refractivity contribution in [2.75, 3.05) is 0 Å². The van der Waals surface area contributed by atoms with Crippen LogP contribution in [0.2, 0.25) is 0 Å². The third kappa shape index (κ3) is 1.48. The van der Waals surface area contributed by atoms with Crippen LogP contribution in [0, 0.1) is 6.92 Å². The van der Waals surface area contributed by atoms with Gasteiger partial charge < -0.3 is 0 Å². The van der Waals surface area contributed by atoms with Gasteiger partial charge in [0.05, 0.1) is 18.8 Å². The second kappa shape index (κ2) is 3.54. The minimum Gasteiger partial charge on any atom is -0.264 e. The molecule has 3 nitrogen and oxygen atoms in total. The van der Waals surface area contributed by atoms with E-state index in [4.69, 9.17) is 0 Å². The van der Waals surface area contributed by atoms with E-state index in [2.05, 4.69) is 16.9 Å². The summed E-state index contributed by atoms with van der Waals surface area (Å²) in [6.07, 6.45) is 7.41. The van der Waals surface area contributed by atoms with Gasteiger partial charge in [0, 0.05) is 18.5 Å². The fourth-order valence-corrected chi connectivity index (χ4v) is 1.40. The highest BCUT2D eigenvalue weighted by Gasteiger charge is 2.13. The zero-order chi connectivity index (χ0) is 9.97. The third-order valence-corrected chi connectivity index (χ3v) is 2.21. The Kier molecular flexibility index (Phi) is 2.23. The number of hydrogen-bond acceptors (Lipinski definition) is 2. The summed E-state index contributed by atoms with van der Waals surface area (Å²) in [7, 11) is 1.98. The molecule has 2 aromatic heterocycles. The summed E-state index contributed by atoms with van der Waals surface area (Å²) in [5, 5.41) is 0. The van der Waals surface area contributed by atoms with Gasteiger partial charge in [0.15, 0.2) is 0 Å². The zero-order valence-corrected chi connectivity index (χ0v) is 8.31. The molecule has 2 rings (SSSR count). The Morgan fingerprint density at radius 2 is 2.14 bits per heavy atom. The van der Waals surface area contributed by atoms with Crippen molar-refractivity contribution < 1.29 is 4.57 Å². The number of hydrogen-bond donors (Lipinski definition) is 0. The first-order chi connectivity index (χ1) is 6.79. The molecule has 0 N–H and O–H groups in total. The average molecular weight is 186 g/mol. The molecule has 0 bridgehead atoms. The summed E-state index contributed by atoms with van der Waals surface area (Å²) in [5.41, 5.74) is 2.27. The van der Waals surface area contributed by atoms with Gasteiger partial charge in [-0.25, -0.2) is 4.57 Å². The molecule has 70 valence electrons. The van der Waals surface area contributed by atoms with Gasteiger partial charge in [-0.1, -0.05) is 0 Å². The van der Waals surface area contributed by atoms with E-state index in [-0.39, 0.29) is 0 Å². The fourth-order valence-electron chi connectivity index (χ4n) is 1.40. The molecule has 3 heteroatoms. The maximum Gasteiger partial charge on any atom is 0.331 e. The highest BCUT2D eigenvalue weighted by atomic mass is 15.0. The van der Waals surface area contributed by atoms with Crippen molar-refractivity contribution in [3.63, 3.8) is 0 Å².